The molecule has 0 radical (unpaired) electrons. The summed E-state index contributed by atoms with van der Waals surface area (Å²) < 4.78 is 51.6. The second-order valence-electron chi connectivity index (χ2n) is 4.91. The molecule has 0 saturated heterocycles. The first-order valence-electron chi connectivity index (χ1n) is 6.11. The third-order valence-corrected chi connectivity index (χ3v) is 3.69. The smallest absolute Gasteiger partial charge is 0.391 e. The molecule has 0 spiro atoms. The highest BCUT2D eigenvalue weighted by atomic mass is 19.4. The van der Waals surface area contributed by atoms with Gasteiger partial charge in [-0.25, -0.2) is 4.39 Å². The minimum atomic E-state index is -4.76. The second kappa shape index (κ2) is 5.09. The average molecular weight is 277 g/mol. The third kappa shape index (κ3) is 2.74. The SMILES string of the molecule is N[C@@H](c1cccc(C(F)(F)F)c1F)[C@H](O)C1CCC1. The molecule has 106 valence electrons. The molecule has 3 N–H and O–H groups in total. The van der Waals surface area contributed by atoms with Crippen molar-refractivity contribution < 1.29 is 22.7 Å². The largest absolute Gasteiger partial charge is 0.419 e. The number of hydrogen-bond acceptors (Lipinski definition) is 2. The lowest BCUT2D eigenvalue weighted by Gasteiger charge is -2.34. The minimum absolute atomic E-state index is 0.0519. The van der Waals surface area contributed by atoms with Crippen LogP contribution in [-0.2, 0) is 6.18 Å². The van der Waals surface area contributed by atoms with E-state index in [-0.39, 0.29) is 11.5 Å². The molecule has 0 bridgehead atoms. The summed E-state index contributed by atoms with van der Waals surface area (Å²) in [5, 5.41) is 9.94. The highest BCUT2D eigenvalue weighted by Gasteiger charge is 2.37. The number of rotatable bonds is 3. The molecule has 1 aromatic carbocycles. The number of hydrogen-bond donors (Lipinski definition) is 2. The maximum Gasteiger partial charge on any atom is 0.419 e. The van der Waals surface area contributed by atoms with E-state index >= 15 is 0 Å². The Kier molecular flexibility index (Phi) is 3.82. The van der Waals surface area contributed by atoms with Crippen LogP contribution in [0.1, 0.15) is 36.4 Å². The van der Waals surface area contributed by atoms with Crippen molar-refractivity contribution in [3.63, 3.8) is 0 Å². The molecule has 6 heteroatoms. The van der Waals surface area contributed by atoms with Gasteiger partial charge in [0.05, 0.1) is 17.7 Å². The first kappa shape index (κ1) is 14.3. The van der Waals surface area contributed by atoms with E-state index in [9.17, 15) is 22.7 Å². The molecule has 1 aromatic rings. The summed E-state index contributed by atoms with van der Waals surface area (Å²) in [5.74, 6) is -1.44. The zero-order chi connectivity index (χ0) is 14.2. The van der Waals surface area contributed by atoms with Gasteiger partial charge in [0.2, 0.25) is 0 Å². The molecule has 1 aliphatic rings. The van der Waals surface area contributed by atoms with Crippen molar-refractivity contribution in [3.8, 4) is 0 Å². The fourth-order valence-electron chi connectivity index (χ4n) is 2.28. The van der Waals surface area contributed by atoms with Crippen LogP contribution in [0.15, 0.2) is 18.2 Å². The molecule has 1 aliphatic carbocycles. The number of halogens is 4. The van der Waals surface area contributed by atoms with E-state index in [0.717, 1.165) is 25.3 Å². The topological polar surface area (TPSA) is 46.2 Å². The predicted molar refractivity (Wildman–Crippen MR) is 61.7 cm³/mol. The fourth-order valence-corrected chi connectivity index (χ4v) is 2.28. The summed E-state index contributed by atoms with van der Waals surface area (Å²) in [6.45, 7) is 0. The van der Waals surface area contributed by atoms with Gasteiger partial charge in [0.25, 0.3) is 0 Å². The maximum absolute atomic E-state index is 13.9. The molecule has 0 amide bonds. The molecule has 0 heterocycles. The Morgan fingerprint density at radius 2 is 1.89 bits per heavy atom. The van der Waals surface area contributed by atoms with Gasteiger partial charge < -0.3 is 10.8 Å². The highest BCUT2D eigenvalue weighted by molar-refractivity contribution is 5.31. The summed E-state index contributed by atoms with van der Waals surface area (Å²) in [6, 6.07) is 1.83. The third-order valence-electron chi connectivity index (χ3n) is 3.69. The van der Waals surface area contributed by atoms with Gasteiger partial charge in [-0.3, -0.25) is 0 Å². The summed E-state index contributed by atoms with van der Waals surface area (Å²) >= 11 is 0. The van der Waals surface area contributed by atoms with Gasteiger partial charge in [-0.05, 0) is 24.8 Å². The lowest BCUT2D eigenvalue weighted by Crippen LogP contribution is -2.37. The summed E-state index contributed by atoms with van der Waals surface area (Å²) in [5.41, 5.74) is 4.08. The Balaban J connectivity index is 2.29. The Labute approximate surface area is 108 Å². The Hall–Kier alpha value is -1.14. The summed E-state index contributed by atoms with van der Waals surface area (Å²) in [7, 11) is 0. The normalized spacial score (nSPS) is 19.9. The van der Waals surface area contributed by atoms with Gasteiger partial charge in [0.15, 0.2) is 0 Å². The molecule has 2 rings (SSSR count). The molecular weight excluding hydrogens is 262 g/mol. The van der Waals surface area contributed by atoms with E-state index < -0.39 is 29.7 Å². The van der Waals surface area contributed by atoms with Crippen molar-refractivity contribution in [1.82, 2.24) is 0 Å². The zero-order valence-electron chi connectivity index (χ0n) is 10.1. The number of aliphatic hydroxyl groups is 1. The lowest BCUT2D eigenvalue weighted by atomic mass is 9.77. The van der Waals surface area contributed by atoms with E-state index in [1.165, 1.54) is 6.07 Å². The molecule has 0 unspecified atom stereocenters. The van der Waals surface area contributed by atoms with Gasteiger partial charge in [0, 0.05) is 5.56 Å². The monoisotopic (exact) mass is 277 g/mol. The molecule has 1 fully saturated rings. The molecular formula is C13H15F4NO. The van der Waals surface area contributed by atoms with Gasteiger partial charge in [-0.15, -0.1) is 0 Å². The van der Waals surface area contributed by atoms with Crippen LogP contribution in [0.3, 0.4) is 0 Å². The summed E-state index contributed by atoms with van der Waals surface area (Å²) in [6.07, 6.45) is -3.27. The predicted octanol–water partition coefficient (Wildman–Crippen LogP) is 3.01. The molecule has 2 atom stereocenters. The maximum atomic E-state index is 13.9. The van der Waals surface area contributed by atoms with E-state index in [1.54, 1.807) is 0 Å². The Morgan fingerprint density at radius 1 is 1.26 bits per heavy atom. The number of nitrogens with two attached hydrogens (primary N) is 1. The van der Waals surface area contributed by atoms with E-state index in [2.05, 4.69) is 0 Å². The van der Waals surface area contributed by atoms with E-state index in [0.29, 0.717) is 6.07 Å². The average Bonchev–Trinajstić information content (AvgIpc) is 2.24. The first-order valence-corrected chi connectivity index (χ1v) is 6.11. The van der Waals surface area contributed by atoms with Crippen LogP contribution in [-0.4, -0.2) is 11.2 Å². The standard InChI is InChI=1S/C13H15F4NO/c14-10-8(5-2-6-9(10)13(15,16)17)11(18)12(19)7-3-1-4-7/h2,5-7,11-12,19H,1,3-4,18H2/t11-,12+/m0/s1. The number of aliphatic hydroxyl groups excluding tert-OH is 1. The van der Waals surface area contributed by atoms with Crippen molar-refractivity contribution in [2.24, 2.45) is 11.7 Å². The van der Waals surface area contributed by atoms with E-state index in [1.807, 2.05) is 0 Å². The number of alkyl halides is 3. The zero-order valence-corrected chi connectivity index (χ0v) is 10.1. The van der Waals surface area contributed by atoms with Crippen molar-refractivity contribution in [1.29, 1.82) is 0 Å². The van der Waals surface area contributed by atoms with Crippen LogP contribution in [0.2, 0.25) is 0 Å². The molecule has 2 nitrogen and oxygen atoms in total. The second-order valence-corrected chi connectivity index (χ2v) is 4.91. The van der Waals surface area contributed by atoms with Crippen LogP contribution in [0.5, 0.6) is 0 Å². The van der Waals surface area contributed by atoms with Crippen LogP contribution in [0, 0.1) is 11.7 Å². The van der Waals surface area contributed by atoms with Crippen molar-refractivity contribution in [2.45, 2.75) is 37.6 Å². The van der Waals surface area contributed by atoms with Crippen molar-refractivity contribution in [3.05, 3.63) is 35.1 Å². The molecule has 0 aliphatic heterocycles. The van der Waals surface area contributed by atoms with Crippen molar-refractivity contribution in [2.75, 3.05) is 0 Å². The van der Waals surface area contributed by atoms with Gasteiger partial charge in [-0.2, -0.15) is 13.2 Å². The van der Waals surface area contributed by atoms with Gasteiger partial charge in [0.1, 0.15) is 5.82 Å². The Bertz CT molecular complexity index is 456. The van der Waals surface area contributed by atoms with E-state index in [4.69, 9.17) is 5.73 Å². The Morgan fingerprint density at radius 3 is 2.37 bits per heavy atom. The fraction of sp³-hybridized carbons (Fsp3) is 0.538. The van der Waals surface area contributed by atoms with Crippen LogP contribution in [0.25, 0.3) is 0 Å². The first-order chi connectivity index (χ1) is 8.82. The van der Waals surface area contributed by atoms with Crippen LogP contribution < -0.4 is 5.73 Å². The summed E-state index contributed by atoms with van der Waals surface area (Å²) in [4.78, 5) is 0. The van der Waals surface area contributed by atoms with Gasteiger partial charge >= 0.3 is 6.18 Å². The molecule has 1 saturated carbocycles. The highest BCUT2D eigenvalue weighted by Crippen LogP contribution is 2.37. The van der Waals surface area contributed by atoms with Crippen LogP contribution >= 0.6 is 0 Å². The molecule has 19 heavy (non-hydrogen) atoms. The number of benzene rings is 1. The minimum Gasteiger partial charge on any atom is -0.391 e. The molecule has 0 aromatic heterocycles. The van der Waals surface area contributed by atoms with Crippen LogP contribution in [0.4, 0.5) is 17.6 Å². The lowest BCUT2D eigenvalue weighted by molar-refractivity contribution is -0.140. The quantitative estimate of drug-likeness (QED) is 0.834. The van der Waals surface area contributed by atoms with Crippen molar-refractivity contribution >= 4 is 0 Å². The van der Waals surface area contributed by atoms with Gasteiger partial charge in [-0.1, -0.05) is 18.6 Å².